The van der Waals surface area contributed by atoms with Gasteiger partial charge in [-0.15, -0.1) is 0 Å². The van der Waals surface area contributed by atoms with Crippen LogP contribution in [0.4, 0.5) is 20.2 Å². The Bertz CT molecular complexity index is 437. The van der Waals surface area contributed by atoms with E-state index in [-0.39, 0.29) is 0 Å². The van der Waals surface area contributed by atoms with E-state index in [0.29, 0.717) is 11.4 Å². The minimum Gasteiger partial charge on any atom is -0.354 e. The van der Waals surface area contributed by atoms with E-state index in [1.807, 2.05) is 0 Å². The standard InChI is InChI=1S/C11H8F2N2/c12-8-4-9(13)6-11(5-8)15-10-2-1-3-14-7-10/h1-7,15H. The van der Waals surface area contributed by atoms with Gasteiger partial charge in [-0.3, -0.25) is 4.98 Å². The summed E-state index contributed by atoms with van der Waals surface area (Å²) in [5, 5.41) is 2.84. The molecule has 0 spiro atoms. The number of halogens is 2. The van der Waals surface area contributed by atoms with Crippen molar-refractivity contribution in [2.75, 3.05) is 5.32 Å². The summed E-state index contributed by atoms with van der Waals surface area (Å²) < 4.78 is 25.7. The van der Waals surface area contributed by atoms with Crippen LogP contribution < -0.4 is 5.32 Å². The fraction of sp³-hybridized carbons (Fsp3) is 0. The number of benzene rings is 1. The lowest BCUT2D eigenvalue weighted by molar-refractivity contribution is 0.584. The van der Waals surface area contributed by atoms with Crippen LogP contribution in [-0.4, -0.2) is 4.98 Å². The molecule has 0 bridgehead atoms. The van der Waals surface area contributed by atoms with Crippen molar-refractivity contribution < 1.29 is 8.78 Å². The van der Waals surface area contributed by atoms with Gasteiger partial charge in [0.15, 0.2) is 0 Å². The van der Waals surface area contributed by atoms with Crippen molar-refractivity contribution in [2.24, 2.45) is 0 Å². The van der Waals surface area contributed by atoms with Gasteiger partial charge in [0.25, 0.3) is 0 Å². The molecule has 0 aliphatic rings. The van der Waals surface area contributed by atoms with Gasteiger partial charge in [-0.25, -0.2) is 8.78 Å². The van der Waals surface area contributed by atoms with Crippen LogP contribution in [0.3, 0.4) is 0 Å². The molecular weight excluding hydrogens is 198 g/mol. The molecule has 0 saturated carbocycles. The van der Waals surface area contributed by atoms with Crippen LogP contribution in [0.5, 0.6) is 0 Å². The number of hydrogen-bond acceptors (Lipinski definition) is 2. The van der Waals surface area contributed by atoms with Crippen LogP contribution in [-0.2, 0) is 0 Å². The van der Waals surface area contributed by atoms with Crippen LogP contribution in [0.2, 0.25) is 0 Å². The maximum atomic E-state index is 12.8. The summed E-state index contributed by atoms with van der Waals surface area (Å²) in [5.41, 5.74) is 1.04. The number of rotatable bonds is 2. The SMILES string of the molecule is Fc1cc(F)cc(Nc2cccnc2)c1. The van der Waals surface area contributed by atoms with Crippen molar-refractivity contribution in [1.82, 2.24) is 4.98 Å². The Hall–Kier alpha value is -1.97. The molecule has 0 radical (unpaired) electrons. The Morgan fingerprint density at radius 1 is 1.00 bits per heavy atom. The second-order valence-corrected chi connectivity index (χ2v) is 3.02. The van der Waals surface area contributed by atoms with E-state index < -0.39 is 11.6 Å². The van der Waals surface area contributed by atoms with Gasteiger partial charge in [-0.2, -0.15) is 0 Å². The third-order valence-electron chi connectivity index (χ3n) is 1.81. The van der Waals surface area contributed by atoms with Crippen LogP contribution in [0, 0.1) is 11.6 Å². The average molecular weight is 206 g/mol. The largest absolute Gasteiger partial charge is 0.354 e. The number of pyridine rings is 1. The van der Waals surface area contributed by atoms with Gasteiger partial charge in [0, 0.05) is 18.0 Å². The monoisotopic (exact) mass is 206 g/mol. The molecule has 0 atom stereocenters. The summed E-state index contributed by atoms with van der Waals surface area (Å²) in [6.07, 6.45) is 3.19. The summed E-state index contributed by atoms with van der Waals surface area (Å²) >= 11 is 0. The highest BCUT2D eigenvalue weighted by molar-refractivity contribution is 5.58. The van der Waals surface area contributed by atoms with E-state index in [2.05, 4.69) is 10.3 Å². The van der Waals surface area contributed by atoms with Gasteiger partial charge >= 0.3 is 0 Å². The van der Waals surface area contributed by atoms with Gasteiger partial charge in [0.1, 0.15) is 11.6 Å². The quantitative estimate of drug-likeness (QED) is 0.816. The fourth-order valence-electron chi connectivity index (χ4n) is 1.23. The van der Waals surface area contributed by atoms with Gasteiger partial charge in [0.05, 0.1) is 11.9 Å². The van der Waals surface area contributed by atoms with Crippen LogP contribution >= 0.6 is 0 Å². The summed E-state index contributed by atoms with van der Waals surface area (Å²) in [4.78, 5) is 3.88. The molecule has 0 aliphatic heterocycles. The lowest BCUT2D eigenvalue weighted by Gasteiger charge is -2.05. The van der Waals surface area contributed by atoms with Crippen molar-refractivity contribution in [2.45, 2.75) is 0 Å². The summed E-state index contributed by atoms with van der Waals surface area (Å²) in [5.74, 6) is -1.22. The highest BCUT2D eigenvalue weighted by Crippen LogP contribution is 2.17. The van der Waals surface area contributed by atoms with E-state index in [0.717, 1.165) is 6.07 Å². The first-order valence-corrected chi connectivity index (χ1v) is 4.37. The number of aromatic nitrogens is 1. The molecule has 0 amide bonds. The highest BCUT2D eigenvalue weighted by atomic mass is 19.1. The molecule has 0 aliphatic carbocycles. The number of nitrogens with zero attached hydrogens (tertiary/aromatic N) is 1. The molecule has 1 aromatic heterocycles. The van der Waals surface area contributed by atoms with E-state index in [1.54, 1.807) is 24.5 Å². The first-order chi connectivity index (χ1) is 7.24. The van der Waals surface area contributed by atoms with Crippen LogP contribution in [0.1, 0.15) is 0 Å². The summed E-state index contributed by atoms with van der Waals surface area (Å²) in [6, 6.07) is 6.76. The zero-order chi connectivity index (χ0) is 10.7. The fourth-order valence-corrected chi connectivity index (χ4v) is 1.23. The molecule has 2 nitrogen and oxygen atoms in total. The van der Waals surface area contributed by atoms with Crippen molar-refractivity contribution >= 4 is 11.4 Å². The Morgan fingerprint density at radius 3 is 2.33 bits per heavy atom. The summed E-state index contributed by atoms with van der Waals surface area (Å²) in [6.45, 7) is 0. The third-order valence-corrected chi connectivity index (χ3v) is 1.81. The molecule has 76 valence electrons. The van der Waals surface area contributed by atoms with Crippen LogP contribution in [0.25, 0.3) is 0 Å². The maximum Gasteiger partial charge on any atom is 0.128 e. The van der Waals surface area contributed by atoms with Gasteiger partial charge in [-0.1, -0.05) is 0 Å². The molecule has 1 aromatic carbocycles. The van der Waals surface area contributed by atoms with E-state index in [9.17, 15) is 8.78 Å². The van der Waals surface area contributed by atoms with Crippen molar-refractivity contribution in [3.63, 3.8) is 0 Å². The average Bonchev–Trinajstić information content (AvgIpc) is 2.17. The normalized spacial score (nSPS) is 10.0. The van der Waals surface area contributed by atoms with E-state index in [4.69, 9.17) is 0 Å². The van der Waals surface area contributed by atoms with E-state index in [1.165, 1.54) is 12.1 Å². The van der Waals surface area contributed by atoms with Gasteiger partial charge in [-0.05, 0) is 24.3 Å². The highest BCUT2D eigenvalue weighted by Gasteiger charge is 2.00. The second kappa shape index (κ2) is 4.04. The Morgan fingerprint density at radius 2 is 1.73 bits per heavy atom. The third kappa shape index (κ3) is 2.49. The predicted molar refractivity (Wildman–Crippen MR) is 53.9 cm³/mol. The molecule has 1 N–H and O–H groups in total. The molecule has 2 aromatic rings. The van der Waals surface area contributed by atoms with Gasteiger partial charge in [0.2, 0.25) is 0 Å². The van der Waals surface area contributed by atoms with Crippen LogP contribution in [0.15, 0.2) is 42.7 Å². The van der Waals surface area contributed by atoms with Crippen molar-refractivity contribution in [3.8, 4) is 0 Å². The lowest BCUT2D eigenvalue weighted by atomic mass is 10.3. The van der Waals surface area contributed by atoms with E-state index >= 15 is 0 Å². The Labute approximate surface area is 85.6 Å². The number of nitrogens with one attached hydrogen (secondary N) is 1. The van der Waals surface area contributed by atoms with Crippen molar-refractivity contribution in [3.05, 3.63) is 54.4 Å². The topological polar surface area (TPSA) is 24.9 Å². The minimum absolute atomic E-state index is 0.362. The smallest absolute Gasteiger partial charge is 0.128 e. The Kier molecular flexibility index (Phi) is 2.58. The Balaban J connectivity index is 2.25. The number of anilines is 2. The molecule has 2 rings (SSSR count). The lowest BCUT2D eigenvalue weighted by Crippen LogP contribution is -1.92. The predicted octanol–water partition coefficient (Wildman–Crippen LogP) is 3.10. The maximum absolute atomic E-state index is 12.8. The van der Waals surface area contributed by atoms with Crippen molar-refractivity contribution in [1.29, 1.82) is 0 Å². The zero-order valence-corrected chi connectivity index (χ0v) is 7.74. The minimum atomic E-state index is -0.610. The first-order valence-electron chi connectivity index (χ1n) is 4.37. The molecule has 0 saturated heterocycles. The molecule has 4 heteroatoms. The molecule has 0 fully saturated rings. The second-order valence-electron chi connectivity index (χ2n) is 3.02. The molecule has 1 heterocycles. The molecule has 0 unspecified atom stereocenters. The molecule has 15 heavy (non-hydrogen) atoms. The molecular formula is C11H8F2N2. The first kappa shape index (κ1) is 9.58. The zero-order valence-electron chi connectivity index (χ0n) is 7.74. The summed E-state index contributed by atoms with van der Waals surface area (Å²) in [7, 11) is 0. The van der Waals surface area contributed by atoms with Gasteiger partial charge < -0.3 is 5.32 Å². The number of hydrogen-bond donors (Lipinski definition) is 1.